The highest BCUT2D eigenvalue weighted by molar-refractivity contribution is 5.81. The minimum Gasteiger partial charge on any atom is -0.355 e. The maximum absolute atomic E-state index is 3.53. The molecule has 1 aliphatic carbocycles. The van der Waals surface area contributed by atoms with Crippen LogP contribution in [0.15, 0.2) is 66.7 Å². The molecule has 3 aromatic rings. The van der Waals surface area contributed by atoms with E-state index in [1.165, 1.54) is 33.5 Å². The Morgan fingerprint density at radius 1 is 0.762 bits per heavy atom. The van der Waals surface area contributed by atoms with Crippen LogP contribution in [0.3, 0.4) is 0 Å². The van der Waals surface area contributed by atoms with Crippen molar-refractivity contribution in [2.45, 2.75) is 13.3 Å². The Bertz CT molecular complexity index is 803. The van der Waals surface area contributed by atoms with Crippen molar-refractivity contribution in [1.29, 1.82) is 0 Å². The van der Waals surface area contributed by atoms with E-state index in [0.717, 1.165) is 12.1 Å². The fourth-order valence-electron chi connectivity index (χ4n) is 3.18. The van der Waals surface area contributed by atoms with Gasteiger partial charge in [-0.15, -0.1) is 0 Å². The number of fused-ring (bicyclic) bond motifs is 3. The lowest BCUT2D eigenvalue weighted by Crippen LogP contribution is -1.96. The summed E-state index contributed by atoms with van der Waals surface area (Å²) in [6.07, 6.45) is 1.04. The number of rotatable bonds is 2. The van der Waals surface area contributed by atoms with Crippen molar-refractivity contribution in [3.8, 4) is 11.1 Å². The van der Waals surface area contributed by atoms with Crippen LogP contribution < -0.4 is 5.32 Å². The van der Waals surface area contributed by atoms with Crippen LogP contribution in [-0.4, -0.2) is 0 Å². The molecule has 0 heterocycles. The van der Waals surface area contributed by atoms with Gasteiger partial charge in [0.2, 0.25) is 0 Å². The molecule has 0 unspecified atom stereocenters. The Balaban J connectivity index is 1.76. The molecule has 0 spiro atoms. The fraction of sp³-hybridized carbons (Fsp3) is 0.100. The Labute approximate surface area is 125 Å². The Morgan fingerprint density at radius 3 is 2.38 bits per heavy atom. The van der Waals surface area contributed by atoms with Gasteiger partial charge in [0.05, 0.1) is 0 Å². The SMILES string of the molecule is Cc1c(Nc2ccccc2)ccc2c1Cc1ccccc1-2. The molecule has 1 N–H and O–H groups in total. The van der Waals surface area contributed by atoms with Crippen LogP contribution >= 0.6 is 0 Å². The highest BCUT2D eigenvalue weighted by Gasteiger charge is 2.20. The van der Waals surface area contributed by atoms with E-state index in [1.807, 2.05) is 6.07 Å². The zero-order chi connectivity index (χ0) is 14.2. The Morgan fingerprint density at radius 2 is 1.52 bits per heavy atom. The molecule has 0 saturated heterocycles. The van der Waals surface area contributed by atoms with Crippen molar-refractivity contribution < 1.29 is 0 Å². The highest BCUT2D eigenvalue weighted by atomic mass is 14.9. The standard InChI is InChI=1S/C20H17N/c1-14-19-13-15-7-5-6-10-17(15)18(19)11-12-20(14)21-16-8-3-2-4-9-16/h2-12,21H,13H2,1H3. The molecule has 102 valence electrons. The van der Waals surface area contributed by atoms with Crippen LogP contribution in [0.1, 0.15) is 16.7 Å². The molecule has 0 radical (unpaired) electrons. The average Bonchev–Trinajstić information content (AvgIpc) is 2.91. The maximum atomic E-state index is 3.53. The van der Waals surface area contributed by atoms with E-state index in [2.05, 4.69) is 72.9 Å². The third kappa shape index (κ3) is 2.02. The summed E-state index contributed by atoms with van der Waals surface area (Å²) in [5.41, 5.74) is 9.37. The minimum atomic E-state index is 1.04. The molecular weight excluding hydrogens is 254 g/mol. The number of nitrogens with one attached hydrogen (secondary N) is 1. The average molecular weight is 271 g/mol. The molecule has 21 heavy (non-hydrogen) atoms. The van der Waals surface area contributed by atoms with Crippen molar-refractivity contribution >= 4 is 11.4 Å². The maximum Gasteiger partial charge on any atom is 0.0417 e. The van der Waals surface area contributed by atoms with Crippen molar-refractivity contribution in [2.24, 2.45) is 0 Å². The van der Waals surface area contributed by atoms with Gasteiger partial charge in [0, 0.05) is 11.4 Å². The number of benzene rings is 3. The second-order valence-corrected chi connectivity index (χ2v) is 5.59. The van der Waals surface area contributed by atoms with E-state index in [-0.39, 0.29) is 0 Å². The molecule has 0 saturated carbocycles. The summed E-state index contributed by atoms with van der Waals surface area (Å²) >= 11 is 0. The van der Waals surface area contributed by atoms with Crippen molar-refractivity contribution in [3.05, 3.63) is 83.4 Å². The highest BCUT2D eigenvalue weighted by Crippen LogP contribution is 2.40. The molecule has 0 aromatic heterocycles. The number of hydrogen-bond acceptors (Lipinski definition) is 1. The summed E-state index contributed by atoms with van der Waals surface area (Å²) in [6.45, 7) is 2.22. The Hall–Kier alpha value is -2.54. The van der Waals surface area contributed by atoms with Gasteiger partial charge in [-0.05, 0) is 59.4 Å². The van der Waals surface area contributed by atoms with Crippen LogP contribution in [0.25, 0.3) is 11.1 Å². The zero-order valence-electron chi connectivity index (χ0n) is 12.1. The van der Waals surface area contributed by atoms with E-state index < -0.39 is 0 Å². The van der Waals surface area contributed by atoms with Crippen LogP contribution in [0, 0.1) is 6.92 Å². The van der Waals surface area contributed by atoms with Gasteiger partial charge < -0.3 is 5.32 Å². The van der Waals surface area contributed by atoms with Gasteiger partial charge in [0.15, 0.2) is 0 Å². The van der Waals surface area contributed by atoms with E-state index >= 15 is 0 Å². The lowest BCUT2D eigenvalue weighted by molar-refractivity contribution is 1.22. The van der Waals surface area contributed by atoms with E-state index in [4.69, 9.17) is 0 Å². The van der Waals surface area contributed by atoms with Gasteiger partial charge >= 0.3 is 0 Å². The molecule has 0 atom stereocenters. The molecule has 1 heteroatoms. The smallest absolute Gasteiger partial charge is 0.0417 e. The predicted octanol–water partition coefficient (Wildman–Crippen LogP) is 5.31. The summed E-state index contributed by atoms with van der Waals surface area (Å²) in [5.74, 6) is 0. The summed E-state index contributed by atoms with van der Waals surface area (Å²) in [4.78, 5) is 0. The first-order valence-corrected chi connectivity index (χ1v) is 7.36. The van der Waals surface area contributed by atoms with Crippen LogP contribution in [0.5, 0.6) is 0 Å². The van der Waals surface area contributed by atoms with Crippen LogP contribution in [0.2, 0.25) is 0 Å². The predicted molar refractivity (Wildman–Crippen MR) is 89.1 cm³/mol. The summed E-state index contributed by atoms with van der Waals surface area (Å²) < 4.78 is 0. The zero-order valence-corrected chi connectivity index (χ0v) is 12.1. The number of para-hydroxylation sites is 1. The quantitative estimate of drug-likeness (QED) is 0.521. The molecule has 3 aromatic carbocycles. The van der Waals surface area contributed by atoms with Crippen LogP contribution in [0.4, 0.5) is 11.4 Å². The fourth-order valence-corrected chi connectivity index (χ4v) is 3.18. The normalized spacial score (nSPS) is 11.9. The van der Waals surface area contributed by atoms with Gasteiger partial charge in [-0.2, -0.15) is 0 Å². The van der Waals surface area contributed by atoms with Crippen molar-refractivity contribution in [2.75, 3.05) is 5.32 Å². The molecule has 0 amide bonds. The molecule has 0 bridgehead atoms. The summed E-state index contributed by atoms with van der Waals surface area (Å²) in [5, 5.41) is 3.53. The number of anilines is 2. The minimum absolute atomic E-state index is 1.04. The third-order valence-electron chi connectivity index (χ3n) is 4.33. The first kappa shape index (κ1) is 12.2. The molecule has 0 aliphatic heterocycles. The second kappa shape index (κ2) is 4.78. The van der Waals surface area contributed by atoms with Crippen molar-refractivity contribution in [1.82, 2.24) is 0 Å². The van der Waals surface area contributed by atoms with Gasteiger partial charge in [-0.25, -0.2) is 0 Å². The van der Waals surface area contributed by atoms with E-state index in [0.29, 0.717) is 0 Å². The van der Waals surface area contributed by atoms with E-state index in [9.17, 15) is 0 Å². The van der Waals surface area contributed by atoms with Gasteiger partial charge in [-0.1, -0.05) is 48.5 Å². The van der Waals surface area contributed by atoms with E-state index in [1.54, 1.807) is 0 Å². The molecular formula is C20H17N. The lowest BCUT2D eigenvalue weighted by Gasteiger charge is -2.13. The third-order valence-corrected chi connectivity index (χ3v) is 4.33. The molecule has 1 nitrogen and oxygen atoms in total. The number of hydrogen-bond donors (Lipinski definition) is 1. The van der Waals surface area contributed by atoms with Crippen LogP contribution in [-0.2, 0) is 6.42 Å². The summed E-state index contributed by atoms with van der Waals surface area (Å²) in [6, 6.07) is 23.5. The van der Waals surface area contributed by atoms with Crippen molar-refractivity contribution in [3.63, 3.8) is 0 Å². The molecule has 0 fully saturated rings. The topological polar surface area (TPSA) is 12.0 Å². The lowest BCUT2D eigenvalue weighted by atomic mass is 10.0. The van der Waals surface area contributed by atoms with Gasteiger partial charge in [0.1, 0.15) is 0 Å². The Kier molecular flexibility index (Phi) is 2.78. The second-order valence-electron chi connectivity index (χ2n) is 5.59. The van der Waals surface area contributed by atoms with Gasteiger partial charge in [0.25, 0.3) is 0 Å². The van der Waals surface area contributed by atoms with Gasteiger partial charge in [-0.3, -0.25) is 0 Å². The first-order valence-electron chi connectivity index (χ1n) is 7.36. The first-order chi connectivity index (χ1) is 10.3. The largest absolute Gasteiger partial charge is 0.355 e. The molecule has 4 rings (SSSR count). The molecule has 1 aliphatic rings. The summed E-state index contributed by atoms with van der Waals surface area (Å²) in [7, 11) is 0. The monoisotopic (exact) mass is 271 g/mol.